The molecule has 0 aliphatic heterocycles. The van der Waals surface area contributed by atoms with Crippen LogP contribution in [-0.2, 0) is 4.74 Å². The van der Waals surface area contributed by atoms with Crippen LogP contribution in [0.4, 0.5) is 0 Å². The first-order valence-corrected chi connectivity index (χ1v) is 4.85. The molecule has 0 radical (unpaired) electrons. The second-order valence-electron chi connectivity index (χ2n) is 2.66. The van der Waals surface area contributed by atoms with Gasteiger partial charge in [0.15, 0.2) is 0 Å². The summed E-state index contributed by atoms with van der Waals surface area (Å²) in [5.74, 6) is 0.768. The van der Waals surface area contributed by atoms with Gasteiger partial charge in [0.1, 0.15) is 5.76 Å². The van der Waals surface area contributed by atoms with E-state index in [0.29, 0.717) is 12.2 Å². The van der Waals surface area contributed by atoms with Crippen LogP contribution in [0.15, 0.2) is 35.6 Å². The average Bonchev–Trinajstić information content (AvgIpc) is 2.18. The largest absolute Gasteiger partial charge is 0.494 e. The highest BCUT2D eigenvalue weighted by Crippen LogP contribution is 2.06. The number of ether oxygens (including phenoxy) is 1. The molecule has 0 saturated heterocycles. The Hall–Kier alpha value is -1.49. The van der Waals surface area contributed by atoms with E-state index >= 15 is 0 Å². The second-order valence-corrected chi connectivity index (χ2v) is 2.66. The van der Waals surface area contributed by atoms with Crippen molar-refractivity contribution in [2.45, 2.75) is 27.2 Å². The Morgan fingerprint density at radius 2 is 2.14 bits per heavy atom. The maximum Gasteiger partial charge on any atom is 0.116 e. The highest BCUT2D eigenvalue weighted by Gasteiger charge is 1.94. The van der Waals surface area contributed by atoms with Gasteiger partial charge in [-0.15, -0.1) is 0 Å². The monoisotopic (exact) mass is 191 g/mol. The predicted octanol–water partition coefficient (Wildman–Crippen LogP) is 3.34. The summed E-state index contributed by atoms with van der Waals surface area (Å²) >= 11 is 0. The molecule has 2 nitrogen and oxygen atoms in total. The van der Waals surface area contributed by atoms with Gasteiger partial charge < -0.3 is 4.74 Å². The van der Waals surface area contributed by atoms with Gasteiger partial charge in [0.05, 0.1) is 18.2 Å². The van der Waals surface area contributed by atoms with Crippen molar-refractivity contribution >= 4 is 0 Å². The summed E-state index contributed by atoms with van der Waals surface area (Å²) in [6, 6.07) is 2.10. The molecule has 2 heteroatoms. The molecule has 0 spiro atoms. The molecule has 14 heavy (non-hydrogen) atoms. The van der Waals surface area contributed by atoms with Crippen LogP contribution in [0.3, 0.4) is 0 Å². The molecule has 0 rings (SSSR count). The molecule has 0 aromatic carbocycles. The minimum Gasteiger partial charge on any atom is -0.494 e. The molecule has 0 aromatic heterocycles. The van der Waals surface area contributed by atoms with Crippen molar-refractivity contribution in [3.63, 3.8) is 0 Å². The van der Waals surface area contributed by atoms with E-state index in [1.807, 2.05) is 32.9 Å². The fourth-order valence-electron chi connectivity index (χ4n) is 0.978. The molecule has 0 unspecified atom stereocenters. The molecule has 0 amide bonds. The second kappa shape index (κ2) is 8.12. The van der Waals surface area contributed by atoms with Crippen molar-refractivity contribution in [1.29, 1.82) is 5.26 Å². The van der Waals surface area contributed by atoms with Gasteiger partial charge in [-0.2, -0.15) is 5.26 Å². The first-order valence-electron chi connectivity index (χ1n) is 4.85. The van der Waals surface area contributed by atoms with Crippen LogP contribution >= 0.6 is 0 Å². The van der Waals surface area contributed by atoms with Gasteiger partial charge in [0.2, 0.25) is 0 Å². The average molecular weight is 191 g/mol. The first-order chi connectivity index (χ1) is 6.78. The predicted molar refractivity (Wildman–Crippen MR) is 58.5 cm³/mol. The Labute approximate surface area is 86.2 Å². The summed E-state index contributed by atoms with van der Waals surface area (Å²) < 4.78 is 5.36. The van der Waals surface area contributed by atoms with Crippen LogP contribution in [0, 0.1) is 11.3 Å². The molecule has 0 saturated carbocycles. The zero-order valence-corrected chi connectivity index (χ0v) is 9.08. The Balaban J connectivity index is 4.69. The Morgan fingerprint density at radius 1 is 1.43 bits per heavy atom. The van der Waals surface area contributed by atoms with Crippen LogP contribution in [0.2, 0.25) is 0 Å². The molecule has 0 aliphatic rings. The van der Waals surface area contributed by atoms with Gasteiger partial charge in [0.25, 0.3) is 0 Å². The summed E-state index contributed by atoms with van der Waals surface area (Å²) in [5, 5.41) is 8.79. The lowest BCUT2D eigenvalue weighted by molar-refractivity contribution is 0.241. The Morgan fingerprint density at radius 3 is 2.57 bits per heavy atom. The van der Waals surface area contributed by atoms with Crippen LogP contribution in [0.25, 0.3) is 0 Å². The van der Waals surface area contributed by atoms with Crippen molar-refractivity contribution in [2.75, 3.05) is 6.61 Å². The van der Waals surface area contributed by atoms with Crippen LogP contribution < -0.4 is 0 Å². The third kappa shape index (κ3) is 5.21. The highest BCUT2D eigenvalue weighted by atomic mass is 16.5. The van der Waals surface area contributed by atoms with Crippen molar-refractivity contribution < 1.29 is 4.74 Å². The molecule has 0 heterocycles. The lowest BCUT2D eigenvalue weighted by atomic mass is 10.2. The molecule has 0 fully saturated rings. The van der Waals surface area contributed by atoms with Gasteiger partial charge in [-0.05, 0) is 38.5 Å². The minimum atomic E-state index is 0.612. The summed E-state index contributed by atoms with van der Waals surface area (Å²) in [4.78, 5) is 0. The normalized spacial score (nSPS) is 13.0. The molecular weight excluding hydrogens is 174 g/mol. The quantitative estimate of drug-likeness (QED) is 0.379. The van der Waals surface area contributed by atoms with E-state index < -0.39 is 0 Å². The molecule has 0 N–H and O–H groups in total. The van der Waals surface area contributed by atoms with Gasteiger partial charge in [0, 0.05) is 0 Å². The topological polar surface area (TPSA) is 33.0 Å². The lowest BCUT2D eigenvalue weighted by Crippen LogP contribution is -1.89. The third-order valence-corrected chi connectivity index (χ3v) is 1.49. The number of rotatable bonds is 5. The third-order valence-electron chi connectivity index (χ3n) is 1.49. The van der Waals surface area contributed by atoms with Crippen molar-refractivity contribution in [3.05, 3.63) is 35.6 Å². The highest BCUT2D eigenvalue weighted by molar-refractivity contribution is 5.37. The summed E-state index contributed by atoms with van der Waals surface area (Å²) in [5.41, 5.74) is 0.612. The molecule has 0 bridgehead atoms. The summed E-state index contributed by atoms with van der Waals surface area (Å²) in [6.07, 6.45) is 8.23. The standard InChI is InChI=1S/C12H17NO/c1-4-7-11(10-13)9-12(8-5-2)14-6-3/h4,7-9H,5-6H2,1-3H3/b7-4-,11-9+,12-8-. The minimum absolute atomic E-state index is 0.612. The van der Waals surface area contributed by atoms with Gasteiger partial charge >= 0.3 is 0 Å². The Bertz CT molecular complexity index is 279. The van der Waals surface area contributed by atoms with Gasteiger partial charge in [-0.1, -0.05) is 13.0 Å². The number of allylic oxidation sites excluding steroid dienone is 5. The van der Waals surface area contributed by atoms with Crippen molar-refractivity contribution in [1.82, 2.24) is 0 Å². The molecule has 0 aromatic rings. The lowest BCUT2D eigenvalue weighted by Gasteiger charge is -2.03. The summed E-state index contributed by atoms with van der Waals surface area (Å²) in [6.45, 7) is 6.47. The molecule has 0 atom stereocenters. The van der Waals surface area contributed by atoms with E-state index in [4.69, 9.17) is 10.00 Å². The molecule has 0 aliphatic carbocycles. The molecular formula is C12H17NO. The number of hydrogen-bond donors (Lipinski definition) is 0. The smallest absolute Gasteiger partial charge is 0.116 e. The fourth-order valence-corrected chi connectivity index (χ4v) is 0.978. The van der Waals surface area contributed by atoms with E-state index in [-0.39, 0.29) is 0 Å². The summed E-state index contributed by atoms with van der Waals surface area (Å²) in [7, 11) is 0. The zero-order valence-electron chi connectivity index (χ0n) is 9.08. The van der Waals surface area contributed by atoms with Crippen LogP contribution in [-0.4, -0.2) is 6.61 Å². The zero-order chi connectivity index (χ0) is 10.8. The van der Waals surface area contributed by atoms with E-state index in [1.54, 1.807) is 12.2 Å². The van der Waals surface area contributed by atoms with Crippen molar-refractivity contribution in [3.8, 4) is 6.07 Å². The van der Waals surface area contributed by atoms with Crippen molar-refractivity contribution in [2.24, 2.45) is 0 Å². The maximum absolute atomic E-state index is 8.79. The molecule has 76 valence electrons. The van der Waals surface area contributed by atoms with Gasteiger partial charge in [-0.3, -0.25) is 0 Å². The Kier molecular flexibility index (Phi) is 7.26. The van der Waals surface area contributed by atoms with Crippen LogP contribution in [0.5, 0.6) is 0 Å². The van der Waals surface area contributed by atoms with E-state index in [9.17, 15) is 0 Å². The van der Waals surface area contributed by atoms with Gasteiger partial charge in [-0.25, -0.2) is 0 Å². The fraction of sp³-hybridized carbons (Fsp3) is 0.417. The van der Waals surface area contributed by atoms with E-state index in [2.05, 4.69) is 6.07 Å². The number of nitrogens with zero attached hydrogens (tertiary/aromatic N) is 1. The SMILES string of the molecule is C\C=C/C(C#N)=C\C(=C\CC)OCC. The van der Waals surface area contributed by atoms with Crippen LogP contribution in [0.1, 0.15) is 27.2 Å². The van der Waals surface area contributed by atoms with E-state index in [0.717, 1.165) is 12.2 Å². The number of nitriles is 1. The first kappa shape index (κ1) is 12.5. The number of hydrogen-bond acceptors (Lipinski definition) is 2. The van der Waals surface area contributed by atoms with E-state index in [1.165, 1.54) is 0 Å². The maximum atomic E-state index is 8.79.